The summed E-state index contributed by atoms with van der Waals surface area (Å²) in [5.74, 6) is 0.438. The topological polar surface area (TPSA) is 37.8 Å². The van der Waals surface area contributed by atoms with Crippen molar-refractivity contribution in [2.24, 2.45) is 5.92 Å². The molecule has 20 heavy (non-hydrogen) atoms. The third kappa shape index (κ3) is 3.41. The van der Waals surface area contributed by atoms with E-state index in [1.54, 1.807) is 17.5 Å². The van der Waals surface area contributed by atoms with Gasteiger partial charge in [0.25, 0.3) is 0 Å². The Kier molecular flexibility index (Phi) is 5.20. The van der Waals surface area contributed by atoms with E-state index in [0.29, 0.717) is 5.92 Å². The number of nitrogens with zero attached hydrogens (tertiary/aromatic N) is 2. The van der Waals surface area contributed by atoms with Gasteiger partial charge in [-0.2, -0.15) is 0 Å². The standard InChI is InChI=1S/C15H19N3S2/c1-4-11(5-2)13(19)18-14-10(3)17-15(20-14)12-7-6-8-16-9-12/h6-9,11H,4-5H2,1-3H3,(H,18,19). The van der Waals surface area contributed by atoms with Crippen LogP contribution in [0.3, 0.4) is 0 Å². The fourth-order valence-corrected chi connectivity index (χ4v) is 3.47. The molecule has 0 saturated carbocycles. The molecule has 0 unspecified atom stereocenters. The highest BCUT2D eigenvalue weighted by Gasteiger charge is 2.14. The molecule has 5 heteroatoms. The predicted octanol–water partition coefficient (Wildman–Crippen LogP) is 4.69. The van der Waals surface area contributed by atoms with Crippen LogP contribution in [0.1, 0.15) is 32.4 Å². The van der Waals surface area contributed by atoms with Gasteiger partial charge in [0.05, 0.1) is 10.7 Å². The Hall–Kier alpha value is -1.33. The largest absolute Gasteiger partial charge is 0.340 e. The second kappa shape index (κ2) is 6.90. The van der Waals surface area contributed by atoms with Gasteiger partial charge in [-0.25, -0.2) is 4.98 Å². The highest BCUT2D eigenvalue weighted by Crippen LogP contribution is 2.32. The lowest BCUT2D eigenvalue weighted by atomic mass is 10.0. The van der Waals surface area contributed by atoms with Crippen molar-refractivity contribution in [3.05, 3.63) is 30.2 Å². The van der Waals surface area contributed by atoms with E-state index < -0.39 is 0 Å². The number of thiazole rings is 1. The molecule has 0 aliphatic heterocycles. The average molecular weight is 305 g/mol. The molecule has 2 rings (SSSR count). The van der Waals surface area contributed by atoms with Crippen LogP contribution >= 0.6 is 23.6 Å². The zero-order valence-corrected chi connectivity index (χ0v) is 13.6. The summed E-state index contributed by atoms with van der Waals surface area (Å²) in [6.07, 6.45) is 5.73. The summed E-state index contributed by atoms with van der Waals surface area (Å²) in [7, 11) is 0. The van der Waals surface area contributed by atoms with E-state index in [-0.39, 0.29) is 0 Å². The summed E-state index contributed by atoms with van der Waals surface area (Å²) >= 11 is 7.13. The number of aromatic nitrogens is 2. The number of thiocarbonyl (C=S) groups is 1. The van der Waals surface area contributed by atoms with Crippen molar-refractivity contribution in [1.29, 1.82) is 0 Å². The van der Waals surface area contributed by atoms with E-state index in [1.165, 1.54) is 0 Å². The van der Waals surface area contributed by atoms with Gasteiger partial charge in [-0.15, -0.1) is 0 Å². The molecule has 2 heterocycles. The Bertz CT molecular complexity index is 574. The van der Waals surface area contributed by atoms with Gasteiger partial charge in [0.2, 0.25) is 0 Å². The fourth-order valence-electron chi connectivity index (χ4n) is 2.00. The molecule has 0 spiro atoms. The van der Waals surface area contributed by atoms with E-state index in [9.17, 15) is 0 Å². The van der Waals surface area contributed by atoms with Crippen molar-refractivity contribution in [1.82, 2.24) is 9.97 Å². The maximum Gasteiger partial charge on any atom is 0.127 e. The molecule has 0 radical (unpaired) electrons. The smallest absolute Gasteiger partial charge is 0.127 e. The van der Waals surface area contributed by atoms with Gasteiger partial charge in [0.1, 0.15) is 10.0 Å². The third-order valence-corrected chi connectivity index (χ3v) is 4.86. The minimum atomic E-state index is 0.438. The van der Waals surface area contributed by atoms with Crippen LogP contribution in [0.2, 0.25) is 0 Å². The minimum absolute atomic E-state index is 0.438. The first-order chi connectivity index (χ1) is 9.65. The highest BCUT2D eigenvalue weighted by atomic mass is 32.1. The second-order valence-electron chi connectivity index (χ2n) is 4.68. The van der Waals surface area contributed by atoms with Crippen LogP contribution in [-0.4, -0.2) is 15.0 Å². The molecule has 0 fully saturated rings. The quantitative estimate of drug-likeness (QED) is 0.813. The molecule has 106 valence electrons. The molecule has 0 atom stereocenters. The van der Waals surface area contributed by atoms with Gasteiger partial charge in [0, 0.05) is 23.9 Å². The van der Waals surface area contributed by atoms with E-state index >= 15 is 0 Å². The fraction of sp³-hybridized carbons (Fsp3) is 0.400. The van der Waals surface area contributed by atoms with Crippen molar-refractivity contribution in [2.45, 2.75) is 33.6 Å². The van der Waals surface area contributed by atoms with E-state index in [2.05, 4.69) is 29.1 Å². The summed E-state index contributed by atoms with van der Waals surface area (Å²) in [6, 6.07) is 3.95. The summed E-state index contributed by atoms with van der Waals surface area (Å²) in [4.78, 5) is 9.65. The number of hydrogen-bond donors (Lipinski definition) is 1. The summed E-state index contributed by atoms with van der Waals surface area (Å²) < 4.78 is 0. The molecule has 0 aliphatic carbocycles. The van der Waals surface area contributed by atoms with Crippen molar-refractivity contribution in [2.75, 3.05) is 5.32 Å². The molecular formula is C15H19N3S2. The first-order valence-electron chi connectivity index (χ1n) is 6.84. The molecule has 0 aliphatic rings. The van der Waals surface area contributed by atoms with Crippen LogP contribution < -0.4 is 5.32 Å². The monoisotopic (exact) mass is 305 g/mol. The zero-order valence-electron chi connectivity index (χ0n) is 12.0. The molecule has 1 N–H and O–H groups in total. The Labute approximate surface area is 129 Å². The number of anilines is 1. The van der Waals surface area contributed by atoms with Crippen molar-refractivity contribution < 1.29 is 0 Å². The summed E-state index contributed by atoms with van der Waals surface area (Å²) in [5, 5.41) is 5.39. The van der Waals surface area contributed by atoms with E-state index in [4.69, 9.17) is 12.2 Å². The molecule has 3 nitrogen and oxygen atoms in total. The number of hydrogen-bond acceptors (Lipinski definition) is 4. The van der Waals surface area contributed by atoms with Gasteiger partial charge >= 0.3 is 0 Å². The number of nitrogens with one attached hydrogen (secondary N) is 1. The molecule has 2 aromatic heterocycles. The molecule has 0 bridgehead atoms. The molecule has 0 amide bonds. The lowest BCUT2D eigenvalue weighted by Gasteiger charge is -2.14. The van der Waals surface area contributed by atoms with Crippen LogP contribution in [0.4, 0.5) is 5.00 Å². The Morgan fingerprint density at radius 1 is 1.40 bits per heavy atom. The number of aryl methyl sites for hydroxylation is 1. The SMILES string of the molecule is CCC(CC)C(=S)Nc1sc(-c2cccnc2)nc1C. The van der Waals surface area contributed by atoms with E-state index in [0.717, 1.165) is 39.1 Å². The van der Waals surface area contributed by atoms with Crippen molar-refractivity contribution in [3.8, 4) is 10.6 Å². The van der Waals surface area contributed by atoms with E-state index in [1.807, 2.05) is 25.3 Å². The van der Waals surface area contributed by atoms with Crippen LogP contribution in [-0.2, 0) is 0 Å². The molecule has 0 aromatic carbocycles. The average Bonchev–Trinajstić information content (AvgIpc) is 2.82. The lowest BCUT2D eigenvalue weighted by molar-refractivity contribution is 0.649. The maximum absolute atomic E-state index is 5.50. The number of pyridine rings is 1. The Morgan fingerprint density at radius 2 is 2.15 bits per heavy atom. The van der Waals surface area contributed by atoms with Crippen molar-refractivity contribution in [3.63, 3.8) is 0 Å². The lowest BCUT2D eigenvalue weighted by Crippen LogP contribution is -2.19. The summed E-state index contributed by atoms with van der Waals surface area (Å²) in [6.45, 7) is 6.35. The van der Waals surface area contributed by atoms with Gasteiger partial charge in [-0.05, 0) is 31.9 Å². The summed E-state index contributed by atoms with van der Waals surface area (Å²) in [5.41, 5.74) is 2.03. The predicted molar refractivity (Wildman–Crippen MR) is 90.4 cm³/mol. The highest BCUT2D eigenvalue weighted by molar-refractivity contribution is 7.80. The maximum atomic E-state index is 5.50. The second-order valence-corrected chi connectivity index (χ2v) is 6.12. The van der Waals surface area contributed by atoms with Gasteiger partial charge in [-0.3, -0.25) is 4.98 Å². The first-order valence-corrected chi connectivity index (χ1v) is 8.06. The van der Waals surface area contributed by atoms with Crippen molar-refractivity contribution >= 4 is 33.5 Å². The van der Waals surface area contributed by atoms with Crippen LogP contribution in [0, 0.1) is 12.8 Å². The first kappa shape index (κ1) is 15.1. The molecule has 0 saturated heterocycles. The zero-order chi connectivity index (χ0) is 14.5. The minimum Gasteiger partial charge on any atom is -0.340 e. The van der Waals surface area contributed by atoms with Gasteiger partial charge in [0.15, 0.2) is 0 Å². The Balaban J connectivity index is 2.18. The van der Waals surface area contributed by atoms with Gasteiger partial charge < -0.3 is 5.32 Å². The molecular weight excluding hydrogens is 286 g/mol. The van der Waals surface area contributed by atoms with Crippen LogP contribution in [0.15, 0.2) is 24.5 Å². The molecule has 2 aromatic rings. The van der Waals surface area contributed by atoms with Crippen LogP contribution in [0.25, 0.3) is 10.6 Å². The third-order valence-electron chi connectivity index (χ3n) is 3.30. The van der Waals surface area contributed by atoms with Gasteiger partial charge in [-0.1, -0.05) is 37.4 Å². The normalized spacial score (nSPS) is 10.8. The number of rotatable bonds is 5. The van der Waals surface area contributed by atoms with Crippen LogP contribution in [0.5, 0.6) is 0 Å². The Morgan fingerprint density at radius 3 is 2.75 bits per heavy atom.